The standard InChI is InChI=1S/C18H14F3N.C6H12N2O/c19-12-6-4-11(5-7-12)17-16(10-2-1-3-10)14-8-13(20)9-15(21)18(14)22-17;1-7-6(9)5-3-2-4-8-5/h4-10,22H,1-3H2;5,8H,2-4H2,1H3,(H,7,9). The molecule has 1 aliphatic heterocycles. The molecule has 1 aliphatic carbocycles. The molecule has 1 saturated carbocycles. The highest BCUT2D eigenvalue weighted by Gasteiger charge is 2.28. The van der Waals surface area contributed by atoms with Gasteiger partial charge in [0.05, 0.1) is 17.3 Å². The molecule has 1 amide bonds. The molecule has 1 atom stereocenters. The summed E-state index contributed by atoms with van der Waals surface area (Å²) in [7, 11) is 1.67. The van der Waals surface area contributed by atoms with Gasteiger partial charge in [-0.25, -0.2) is 13.2 Å². The van der Waals surface area contributed by atoms with Crippen LogP contribution in [0, 0.1) is 17.5 Å². The molecule has 1 saturated heterocycles. The lowest BCUT2D eigenvalue weighted by molar-refractivity contribution is -0.122. The molecule has 0 bridgehead atoms. The summed E-state index contributed by atoms with van der Waals surface area (Å²) in [5.41, 5.74) is 2.83. The van der Waals surface area contributed by atoms with Crippen LogP contribution in [-0.4, -0.2) is 30.5 Å². The predicted molar refractivity (Wildman–Crippen MR) is 115 cm³/mol. The summed E-state index contributed by atoms with van der Waals surface area (Å²) in [5, 5.41) is 6.30. The first-order valence-electron chi connectivity index (χ1n) is 10.7. The summed E-state index contributed by atoms with van der Waals surface area (Å²) in [6, 6.07) is 8.43. The molecule has 3 aromatic rings. The van der Waals surface area contributed by atoms with Crippen molar-refractivity contribution in [2.45, 2.75) is 44.1 Å². The normalized spacial score (nSPS) is 18.4. The third kappa shape index (κ3) is 4.46. The molecule has 7 heteroatoms. The first-order chi connectivity index (χ1) is 15.0. The Morgan fingerprint density at radius 1 is 1.00 bits per heavy atom. The first-order valence-corrected chi connectivity index (χ1v) is 10.7. The highest BCUT2D eigenvalue weighted by molar-refractivity contribution is 5.92. The highest BCUT2D eigenvalue weighted by atomic mass is 19.1. The van der Waals surface area contributed by atoms with Crippen LogP contribution in [0.3, 0.4) is 0 Å². The number of fused-ring (bicyclic) bond motifs is 1. The van der Waals surface area contributed by atoms with E-state index in [4.69, 9.17) is 0 Å². The second kappa shape index (κ2) is 9.14. The lowest BCUT2D eigenvalue weighted by atomic mass is 9.78. The number of halogens is 3. The van der Waals surface area contributed by atoms with Gasteiger partial charge in [-0.2, -0.15) is 0 Å². The van der Waals surface area contributed by atoms with Crippen LogP contribution in [0.25, 0.3) is 22.2 Å². The van der Waals surface area contributed by atoms with Crippen LogP contribution in [0.1, 0.15) is 43.6 Å². The molecule has 0 radical (unpaired) electrons. The Morgan fingerprint density at radius 2 is 1.74 bits per heavy atom. The SMILES string of the molecule is CNC(=O)C1CCCN1.Fc1ccc(-c2[nH]c3c(F)cc(F)cc3c2C2CCC2)cc1. The lowest BCUT2D eigenvalue weighted by Crippen LogP contribution is -2.38. The predicted octanol–water partition coefficient (Wildman–Crippen LogP) is 5.00. The molecular weight excluding hydrogens is 403 g/mol. The van der Waals surface area contributed by atoms with E-state index in [-0.39, 0.29) is 17.8 Å². The molecule has 0 spiro atoms. The molecule has 1 aromatic heterocycles. The van der Waals surface area contributed by atoms with E-state index in [9.17, 15) is 18.0 Å². The Morgan fingerprint density at radius 3 is 2.32 bits per heavy atom. The van der Waals surface area contributed by atoms with Crippen LogP contribution in [0.15, 0.2) is 36.4 Å². The van der Waals surface area contributed by atoms with Crippen LogP contribution >= 0.6 is 0 Å². The van der Waals surface area contributed by atoms with Gasteiger partial charge in [-0.05, 0) is 79.6 Å². The van der Waals surface area contributed by atoms with Crippen molar-refractivity contribution in [3.05, 3.63) is 59.4 Å². The summed E-state index contributed by atoms with van der Waals surface area (Å²) in [6.45, 7) is 0.984. The maximum absolute atomic E-state index is 14.1. The number of carbonyl (C=O) groups excluding carboxylic acids is 1. The summed E-state index contributed by atoms with van der Waals surface area (Å²) in [4.78, 5) is 13.9. The van der Waals surface area contributed by atoms with Gasteiger partial charge in [-0.3, -0.25) is 4.79 Å². The Labute approximate surface area is 179 Å². The average Bonchev–Trinajstić information content (AvgIpc) is 3.37. The molecule has 2 aromatic carbocycles. The zero-order valence-electron chi connectivity index (χ0n) is 17.4. The number of aromatic amines is 1. The van der Waals surface area contributed by atoms with Gasteiger partial charge in [0, 0.05) is 18.5 Å². The quantitative estimate of drug-likeness (QED) is 0.549. The molecule has 1 unspecified atom stereocenters. The second-order valence-corrected chi connectivity index (χ2v) is 8.12. The Hall–Kier alpha value is -2.80. The maximum atomic E-state index is 14.1. The molecular formula is C24H26F3N3O. The van der Waals surface area contributed by atoms with Crippen molar-refractivity contribution in [3.63, 3.8) is 0 Å². The van der Waals surface area contributed by atoms with E-state index in [1.807, 2.05) is 0 Å². The van der Waals surface area contributed by atoms with Gasteiger partial charge in [0.1, 0.15) is 17.5 Å². The fourth-order valence-corrected chi connectivity index (χ4v) is 4.29. The highest BCUT2D eigenvalue weighted by Crippen LogP contribution is 2.45. The number of H-pyrrole nitrogens is 1. The van der Waals surface area contributed by atoms with E-state index in [0.717, 1.165) is 61.5 Å². The molecule has 4 nitrogen and oxygen atoms in total. The third-order valence-electron chi connectivity index (χ3n) is 6.13. The van der Waals surface area contributed by atoms with Crippen LogP contribution in [0.5, 0.6) is 0 Å². The molecule has 164 valence electrons. The minimum Gasteiger partial charge on any atom is -0.358 e. The number of amides is 1. The van der Waals surface area contributed by atoms with E-state index in [1.165, 1.54) is 18.2 Å². The molecule has 2 heterocycles. The lowest BCUT2D eigenvalue weighted by Gasteiger charge is -2.26. The number of likely N-dealkylation sites (N-methyl/N-ethyl adjacent to an activating group) is 1. The Kier molecular flexibility index (Phi) is 6.32. The van der Waals surface area contributed by atoms with E-state index >= 15 is 0 Å². The van der Waals surface area contributed by atoms with Crippen molar-refractivity contribution in [1.82, 2.24) is 15.6 Å². The smallest absolute Gasteiger partial charge is 0.236 e. The minimum atomic E-state index is -0.594. The molecule has 3 N–H and O–H groups in total. The van der Waals surface area contributed by atoms with Crippen LogP contribution in [0.4, 0.5) is 13.2 Å². The number of nitrogens with one attached hydrogen (secondary N) is 3. The summed E-state index contributed by atoms with van der Waals surface area (Å²) in [6.07, 6.45) is 5.26. The van der Waals surface area contributed by atoms with Gasteiger partial charge in [-0.15, -0.1) is 0 Å². The van der Waals surface area contributed by atoms with Crippen molar-refractivity contribution < 1.29 is 18.0 Å². The zero-order chi connectivity index (χ0) is 22.0. The number of benzene rings is 2. The Bertz CT molecular complexity index is 1070. The number of hydrogen-bond donors (Lipinski definition) is 3. The van der Waals surface area contributed by atoms with Gasteiger partial charge < -0.3 is 15.6 Å². The number of rotatable bonds is 3. The van der Waals surface area contributed by atoms with Gasteiger partial charge in [0.25, 0.3) is 0 Å². The second-order valence-electron chi connectivity index (χ2n) is 8.12. The van der Waals surface area contributed by atoms with Gasteiger partial charge in [-0.1, -0.05) is 6.42 Å². The van der Waals surface area contributed by atoms with Crippen molar-refractivity contribution in [3.8, 4) is 11.3 Å². The fraction of sp³-hybridized carbons (Fsp3) is 0.375. The van der Waals surface area contributed by atoms with E-state index in [2.05, 4.69) is 15.6 Å². The monoisotopic (exact) mass is 429 g/mol. The zero-order valence-corrected chi connectivity index (χ0v) is 17.4. The number of hydrogen-bond acceptors (Lipinski definition) is 2. The third-order valence-corrected chi connectivity index (χ3v) is 6.13. The average molecular weight is 429 g/mol. The topological polar surface area (TPSA) is 56.9 Å². The first kappa shape index (κ1) is 21.4. The molecule has 2 fully saturated rings. The van der Waals surface area contributed by atoms with Crippen molar-refractivity contribution >= 4 is 16.8 Å². The molecule has 31 heavy (non-hydrogen) atoms. The largest absolute Gasteiger partial charge is 0.358 e. The van der Waals surface area contributed by atoms with Crippen LogP contribution in [0.2, 0.25) is 0 Å². The summed E-state index contributed by atoms with van der Waals surface area (Å²) >= 11 is 0. The van der Waals surface area contributed by atoms with E-state index in [1.54, 1.807) is 19.2 Å². The fourth-order valence-electron chi connectivity index (χ4n) is 4.29. The van der Waals surface area contributed by atoms with E-state index in [0.29, 0.717) is 16.8 Å². The molecule has 2 aliphatic rings. The summed E-state index contributed by atoms with van der Waals surface area (Å²) in [5.74, 6) is -1.07. The van der Waals surface area contributed by atoms with Gasteiger partial charge >= 0.3 is 0 Å². The van der Waals surface area contributed by atoms with Crippen molar-refractivity contribution in [1.29, 1.82) is 0 Å². The van der Waals surface area contributed by atoms with Crippen LogP contribution in [-0.2, 0) is 4.79 Å². The van der Waals surface area contributed by atoms with E-state index < -0.39 is 11.6 Å². The van der Waals surface area contributed by atoms with Gasteiger partial charge in [0.15, 0.2) is 0 Å². The van der Waals surface area contributed by atoms with Gasteiger partial charge in [0.2, 0.25) is 5.91 Å². The van der Waals surface area contributed by atoms with Crippen LogP contribution < -0.4 is 10.6 Å². The number of carbonyl (C=O) groups is 1. The Balaban J connectivity index is 0.000000217. The maximum Gasteiger partial charge on any atom is 0.236 e. The number of aromatic nitrogens is 1. The van der Waals surface area contributed by atoms with Crippen molar-refractivity contribution in [2.24, 2.45) is 0 Å². The summed E-state index contributed by atoms with van der Waals surface area (Å²) < 4.78 is 40.8. The van der Waals surface area contributed by atoms with Crippen molar-refractivity contribution in [2.75, 3.05) is 13.6 Å². The molecule has 5 rings (SSSR count). The minimum absolute atomic E-state index is 0.0787.